The molecule has 0 radical (unpaired) electrons. The first-order valence-electron chi connectivity index (χ1n) is 6.11. The molecule has 0 saturated carbocycles. The Bertz CT molecular complexity index is 646. The van der Waals surface area contributed by atoms with Gasteiger partial charge in [-0.05, 0) is 32.0 Å². The highest BCUT2D eigenvalue weighted by Gasteiger charge is 2.27. The standard InChI is InChI=1S/C13H13F3N4O/c1-8-5-9(2)20(19-8)11-4-3-10(6-17-11)12(21)18-7-13(14,15)16/h3-6H,7H2,1-2H3,(H,18,21). The zero-order valence-corrected chi connectivity index (χ0v) is 11.4. The van der Waals surface area contributed by atoms with E-state index >= 15 is 0 Å². The van der Waals surface area contributed by atoms with Gasteiger partial charge in [0.1, 0.15) is 6.54 Å². The number of hydrogen-bond donors (Lipinski definition) is 1. The zero-order valence-electron chi connectivity index (χ0n) is 11.4. The topological polar surface area (TPSA) is 59.8 Å². The van der Waals surface area contributed by atoms with E-state index in [0.29, 0.717) is 5.82 Å². The molecule has 2 aromatic rings. The molecule has 0 aliphatic carbocycles. The first-order valence-corrected chi connectivity index (χ1v) is 6.11. The molecule has 0 aliphatic rings. The maximum atomic E-state index is 12.0. The molecule has 112 valence electrons. The molecule has 1 N–H and O–H groups in total. The van der Waals surface area contributed by atoms with Crippen molar-refractivity contribution in [1.82, 2.24) is 20.1 Å². The van der Waals surface area contributed by atoms with Gasteiger partial charge >= 0.3 is 6.18 Å². The van der Waals surface area contributed by atoms with E-state index in [1.807, 2.05) is 19.9 Å². The van der Waals surface area contributed by atoms with Gasteiger partial charge in [0.05, 0.1) is 11.3 Å². The third kappa shape index (κ3) is 3.80. The second kappa shape index (κ2) is 5.55. The third-order valence-electron chi connectivity index (χ3n) is 2.69. The summed E-state index contributed by atoms with van der Waals surface area (Å²) in [6.07, 6.45) is -3.22. The molecule has 0 unspecified atom stereocenters. The average molecular weight is 298 g/mol. The minimum absolute atomic E-state index is 0.0598. The van der Waals surface area contributed by atoms with Crippen molar-refractivity contribution >= 4 is 5.91 Å². The maximum absolute atomic E-state index is 12.0. The van der Waals surface area contributed by atoms with E-state index in [9.17, 15) is 18.0 Å². The van der Waals surface area contributed by atoms with Gasteiger partial charge < -0.3 is 5.32 Å². The van der Waals surface area contributed by atoms with Gasteiger partial charge in [0.2, 0.25) is 0 Å². The van der Waals surface area contributed by atoms with Gasteiger partial charge in [-0.15, -0.1) is 0 Å². The Morgan fingerprint density at radius 2 is 2.05 bits per heavy atom. The van der Waals surface area contributed by atoms with E-state index in [1.54, 1.807) is 10.00 Å². The molecule has 0 fully saturated rings. The van der Waals surface area contributed by atoms with Crippen molar-refractivity contribution < 1.29 is 18.0 Å². The molecule has 0 aliphatic heterocycles. The van der Waals surface area contributed by atoms with Crippen LogP contribution in [-0.4, -0.2) is 33.4 Å². The Hall–Kier alpha value is -2.38. The van der Waals surface area contributed by atoms with Gasteiger partial charge in [-0.3, -0.25) is 4.79 Å². The van der Waals surface area contributed by atoms with Gasteiger partial charge in [-0.1, -0.05) is 0 Å². The van der Waals surface area contributed by atoms with Crippen LogP contribution in [0.4, 0.5) is 13.2 Å². The molecule has 21 heavy (non-hydrogen) atoms. The Morgan fingerprint density at radius 1 is 1.33 bits per heavy atom. The number of pyridine rings is 1. The Balaban J connectivity index is 2.12. The Labute approximate surface area is 118 Å². The summed E-state index contributed by atoms with van der Waals surface area (Å²) in [6, 6.07) is 4.80. The Kier molecular flexibility index (Phi) is 3.97. The van der Waals surface area contributed by atoms with Gasteiger partial charge in [-0.25, -0.2) is 9.67 Å². The first kappa shape index (κ1) is 15.0. The largest absolute Gasteiger partial charge is 0.405 e. The fourth-order valence-corrected chi connectivity index (χ4v) is 1.79. The molecule has 0 aromatic carbocycles. The van der Waals surface area contributed by atoms with Crippen molar-refractivity contribution in [1.29, 1.82) is 0 Å². The number of alkyl halides is 3. The van der Waals surface area contributed by atoms with Gasteiger partial charge in [0, 0.05) is 11.9 Å². The molecule has 2 heterocycles. The van der Waals surface area contributed by atoms with Crippen LogP contribution in [0.5, 0.6) is 0 Å². The van der Waals surface area contributed by atoms with Crippen molar-refractivity contribution in [2.45, 2.75) is 20.0 Å². The number of nitrogens with zero attached hydrogens (tertiary/aromatic N) is 3. The van der Waals surface area contributed by atoms with Crippen molar-refractivity contribution in [3.8, 4) is 5.82 Å². The SMILES string of the molecule is Cc1cc(C)n(-c2ccc(C(=O)NCC(F)(F)F)cn2)n1. The maximum Gasteiger partial charge on any atom is 0.405 e. The predicted molar refractivity (Wildman–Crippen MR) is 69.2 cm³/mol. The van der Waals surface area contributed by atoms with Crippen LogP contribution in [-0.2, 0) is 0 Å². The summed E-state index contributed by atoms with van der Waals surface area (Å²) in [4.78, 5) is 15.6. The van der Waals surface area contributed by atoms with Crippen LogP contribution in [0.3, 0.4) is 0 Å². The number of nitrogens with one attached hydrogen (secondary N) is 1. The monoisotopic (exact) mass is 298 g/mol. The van der Waals surface area contributed by atoms with E-state index < -0.39 is 18.6 Å². The fraction of sp³-hybridized carbons (Fsp3) is 0.308. The van der Waals surface area contributed by atoms with Gasteiger partial charge in [-0.2, -0.15) is 18.3 Å². The summed E-state index contributed by atoms with van der Waals surface area (Å²) in [6.45, 7) is 2.32. The number of aromatic nitrogens is 3. The van der Waals surface area contributed by atoms with E-state index in [4.69, 9.17) is 0 Å². The lowest BCUT2D eigenvalue weighted by atomic mass is 10.2. The number of amides is 1. The lowest BCUT2D eigenvalue weighted by molar-refractivity contribution is -0.123. The molecule has 5 nitrogen and oxygen atoms in total. The third-order valence-corrected chi connectivity index (χ3v) is 2.69. The van der Waals surface area contributed by atoms with Crippen LogP contribution in [0.1, 0.15) is 21.7 Å². The quantitative estimate of drug-likeness (QED) is 0.944. The molecule has 0 bridgehead atoms. The number of carbonyl (C=O) groups excluding carboxylic acids is 1. The molecule has 2 rings (SSSR count). The van der Waals surface area contributed by atoms with Crippen molar-refractivity contribution in [2.24, 2.45) is 0 Å². The molecule has 8 heteroatoms. The second-order valence-electron chi connectivity index (χ2n) is 4.54. The van der Waals surface area contributed by atoms with Gasteiger partial charge in [0.25, 0.3) is 5.91 Å². The molecular weight excluding hydrogens is 285 g/mol. The minimum Gasteiger partial charge on any atom is -0.343 e. The number of hydrogen-bond acceptors (Lipinski definition) is 3. The lowest BCUT2D eigenvalue weighted by Crippen LogP contribution is -2.33. The van der Waals surface area contributed by atoms with Gasteiger partial charge in [0.15, 0.2) is 5.82 Å². The predicted octanol–water partition coefficient (Wildman–Crippen LogP) is 2.18. The lowest BCUT2D eigenvalue weighted by Gasteiger charge is -2.08. The number of aryl methyl sites for hydroxylation is 2. The van der Waals surface area contributed by atoms with Crippen LogP contribution in [0.25, 0.3) is 5.82 Å². The minimum atomic E-state index is -4.44. The van der Waals surface area contributed by atoms with E-state index in [1.165, 1.54) is 18.3 Å². The summed E-state index contributed by atoms with van der Waals surface area (Å²) in [5.41, 5.74) is 1.75. The summed E-state index contributed by atoms with van der Waals surface area (Å²) >= 11 is 0. The highest BCUT2D eigenvalue weighted by atomic mass is 19.4. The van der Waals surface area contributed by atoms with Crippen molar-refractivity contribution in [3.05, 3.63) is 41.3 Å². The highest BCUT2D eigenvalue weighted by molar-refractivity contribution is 5.93. The summed E-state index contributed by atoms with van der Waals surface area (Å²) in [5, 5.41) is 6.02. The molecule has 0 saturated heterocycles. The summed E-state index contributed by atoms with van der Waals surface area (Å²) in [7, 11) is 0. The molecular formula is C13H13F3N4O. The van der Waals surface area contributed by atoms with Crippen molar-refractivity contribution in [2.75, 3.05) is 6.54 Å². The first-order chi connectivity index (χ1) is 9.76. The Morgan fingerprint density at radius 3 is 2.52 bits per heavy atom. The highest BCUT2D eigenvalue weighted by Crippen LogP contribution is 2.13. The fourth-order valence-electron chi connectivity index (χ4n) is 1.79. The summed E-state index contributed by atoms with van der Waals surface area (Å²) in [5.74, 6) is -0.326. The molecule has 0 spiro atoms. The normalized spacial score (nSPS) is 11.5. The number of rotatable bonds is 3. The number of halogens is 3. The van der Waals surface area contributed by atoms with Crippen LogP contribution >= 0.6 is 0 Å². The van der Waals surface area contributed by atoms with E-state index in [-0.39, 0.29) is 5.56 Å². The van der Waals surface area contributed by atoms with Crippen LogP contribution in [0.2, 0.25) is 0 Å². The van der Waals surface area contributed by atoms with Crippen LogP contribution < -0.4 is 5.32 Å². The average Bonchev–Trinajstić information content (AvgIpc) is 2.74. The van der Waals surface area contributed by atoms with E-state index in [2.05, 4.69) is 10.1 Å². The van der Waals surface area contributed by atoms with Crippen LogP contribution in [0, 0.1) is 13.8 Å². The van der Waals surface area contributed by atoms with Crippen molar-refractivity contribution in [3.63, 3.8) is 0 Å². The molecule has 1 amide bonds. The van der Waals surface area contributed by atoms with E-state index in [0.717, 1.165) is 11.4 Å². The summed E-state index contributed by atoms with van der Waals surface area (Å²) < 4.78 is 37.7. The molecule has 2 aromatic heterocycles. The number of carbonyl (C=O) groups is 1. The van der Waals surface area contributed by atoms with Crippen LogP contribution in [0.15, 0.2) is 24.4 Å². The smallest absolute Gasteiger partial charge is 0.343 e. The molecule has 0 atom stereocenters. The zero-order chi connectivity index (χ0) is 15.6. The second-order valence-corrected chi connectivity index (χ2v) is 4.54.